The van der Waals surface area contributed by atoms with Gasteiger partial charge in [-0.25, -0.2) is 19.9 Å². The number of nitrogens with zero attached hydrogens (tertiary/aromatic N) is 4. The highest BCUT2D eigenvalue weighted by molar-refractivity contribution is 7.09. The monoisotopic (exact) mass is 507 g/mol. The summed E-state index contributed by atoms with van der Waals surface area (Å²) in [7, 11) is 0. The van der Waals surface area contributed by atoms with Gasteiger partial charge in [-0.1, -0.05) is 17.7 Å². The Morgan fingerprint density at radius 2 is 2.09 bits per heavy atom. The van der Waals surface area contributed by atoms with E-state index >= 15 is 0 Å². The average molecular weight is 508 g/mol. The highest BCUT2D eigenvalue weighted by Gasteiger charge is 2.39. The highest BCUT2D eigenvalue weighted by atomic mass is 35.5. The minimum absolute atomic E-state index is 0.000657. The molecule has 0 amide bonds. The van der Waals surface area contributed by atoms with Crippen LogP contribution in [0.3, 0.4) is 0 Å². The average Bonchev–Trinajstić information content (AvgIpc) is 3.56. The van der Waals surface area contributed by atoms with Crippen molar-refractivity contribution in [2.45, 2.75) is 44.1 Å². The maximum atomic E-state index is 9.79. The zero-order valence-electron chi connectivity index (χ0n) is 18.6. The molecule has 0 spiro atoms. The number of fused-ring (bicyclic) bond motifs is 2. The predicted octanol–water partition coefficient (Wildman–Crippen LogP) is 4.93. The molecule has 1 saturated carbocycles. The van der Waals surface area contributed by atoms with Crippen molar-refractivity contribution in [1.82, 2.24) is 15.0 Å². The molecule has 0 unspecified atom stereocenters. The molecule has 0 saturated heterocycles. The van der Waals surface area contributed by atoms with Gasteiger partial charge in [0.05, 0.1) is 22.7 Å². The van der Waals surface area contributed by atoms with Crippen LogP contribution in [0.2, 0.25) is 5.02 Å². The summed E-state index contributed by atoms with van der Waals surface area (Å²) in [5.41, 5.74) is 2.67. The second kappa shape index (κ2) is 9.41. The van der Waals surface area contributed by atoms with Crippen LogP contribution in [0.1, 0.15) is 23.4 Å². The third-order valence-corrected chi connectivity index (χ3v) is 7.18. The van der Waals surface area contributed by atoms with Crippen molar-refractivity contribution in [3.63, 3.8) is 0 Å². The number of rotatable bonds is 7. The zero-order chi connectivity index (χ0) is 23.8. The summed E-state index contributed by atoms with van der Waals surface area (Å²) in [6.45, 7) is 0.376. The van der Waals surface area contributed by atoms with E-state index in [1.54, 1.807) is 6.20 Å². The van der Waals surface area contributed by atoms with Crippen molar-refractivity contribution < 1.29 is 14.6 Å². The SMILES string of the molecule is O[C@H]1C[C@@H]2OC(Cc3ccc4ncnc(Nc5ccc(OCc6nccs6)c(Cl)c5)c4c3)=N[C@@H]2C1. The summed E-state index contributed by atoms with van der Waals surface area (Å²) in [6, 6.07) is 11.7. The normalized spacial score (nSPS) is 21.0. The van der Waals surface area contributed by atoms with E-state index in [0.29, 0.717) is 42.5 Å². The molecule has 3 heterocycles. The number of aliphatic hydroxyl groups excluding tert-OH is 1. The number of hydrogen-bond donors (Lipinski definition) is 2. The number of hydrogen-bond acceptors (Lipinski definition) is 9. The van der Waals surface area contributed by atoms with Gasteiger partial charge in [0.15, 0.2) is 5.90 Å². The molecule has 178 valence electrons. The van der Waals surface area contributed by atoms with E-state index in [9.17, 15) is 5.11 Å². The zero-order valence-corrected chi connectivity index (χ0v) is 20.2. The summed E-state index contributed by atoms with van der Waals surface area (Å²) in [6.07, 6.45) is 4.88. The lowest BCUT2D eigenvalue weighted by Gasteiger charge is -2.12. The minimum Gasteiger partial charge on any atom is -0.485 e. The number of halogens is 1. The van der Waals surface area contributed by atoms with Crippen LogP contribution in [0, 0.1) is 0 Å². The van der Waals surface area contributed by atoms with E-state index < -0.39 is 0 Å². The lowest BCUT2D eigenvalue weighted by atomic mass is 10.1. The van der Waals surface area contributed by atoms with Crippen molar-refractivity contribution in [3.05, 3.63) is 69.9 Å². The first kappa shape index (κ1) is 22.2. The Morgan fingerprint density at radius 1 is 1.14 bits per heavy atom. The molecule has 35 heavy (non-hydrogen) atoms. The van der Waals surface area contributed by atoms with E-state index in [0.717, 1.165) is 33.1 Å². The molecule has 1 aliphatic heterocycles. The van der Waals surface area contributed by atoms with Crippen LogP contribution in [-0.2, 0) is 17.8 Å². The fourth-order valence-electron chi connectivity index (χ4n) is 4.48. The van der Waals surface area contributed by atoms with Gasteiger partial charge in [0, 0.05) is 35.5 Å². The van der Waals surface area contributed by atoms with E-state index in [4.69, 9.17) is 21.1 Å². The molecule has 8 nitrogen and oxygen atoms in total. The Kier molecular flexibility index (Phi) is 5.97. The Balaban J connectivity index is 1.19. The molecule has 1 fully saturated rings. The Labute approximate surface area is 210 Å². The highest BCUT2D eigenvalue weighted by Crippen LogP contribution is 2.33. The number of aromatic nitrogens is 3. The van der Waals surface area contributed by atoms with Gasteiger partial charge in [0.25, 0.3) is 0 Å². The topological polar surface area (TPSA) is 102 Å². The third kappa shape index (κ3) is 4.80. The third-order valence-electron chi connectivity index (χ3n) is 6.13. The van der Waals surface area contributed by atoms with Gasteiger partial charge >= 0.3 is 0 Å². The Bertz CT molecular complexity index is 1400. The van der Waals surface area contributed by atoms with E-state index in [1.807, 2.05) is 35.7 Å². The van der Waals surface area contributed by atoms with E-state index in [1.165, 1.54) is 17.7 Å². The van der Waals surface area contributed by atoms with Gasteiger partial charge in [-0.15, -0.1) is 11.3 Å². The first-order valence-electron chi connectivity index (χ1n) is 11.3. The summed E-state index contributed by atoms with van der Waals surface area (Å²) in [5.74, 6) is 1.99. The number of anilines is 2. The first-order valence-corrected chi connectivity index (χ1v) is 12.6. The van der Waals surface area contributed by atoms with Crippen LogP contribution in [0.25, 0.3) is 10.9 Å². The van der Waals surface area contributed by atoms with Crippen LogP contribution < -0.4 is 10.1 Å². The van der Waals surface area contributed by atoms with E-state index in [2.05, 4.69) is 31.3 Å². The lowest BCUT2D eigenvalue weighted by Crippen LogP contribution is -2.16. The molecule has 3 atom stereocenters. The van der Waals surface area contributed by atoms with Crippen molar-refractivity contribution in [2.75, 3.05) is 5.32 Å². The molecule has 2 N–H and O–H groups in total. The Morgan fingerprint density at radius 3 is 2.91 bits per heavy atom. The summed E-state index contributed by atoms with van der Waals surface area (Å²) in [5, 5.41) is 17.3. The number of ether oxygens (including phenoxy) is 2. The van der Waals surface area contributed by atoms with Gasteiger partial charge in [0.2, 0.25) is 0 Å². The largest absolute Gasteiger partial charge is 0.485 e. The number of nitrogens with one attached hydrogen (secondary N) is 1. The maximum absolute atomic E-state index is 9.79. The second-order valence-corrected chi connectivity index (χ2v) is 9.99. The fourth-order valence-corrected chi connectivity index (χ4v) is 5.24. The molecule has 2 aliphatic rings. The molecule has 2 aromatic heterocycles. The molecule has 2 aromatic carbocycles. The predicted molar refractivity (Wildman–Crippen MR) is 136 cm³/mol. The van der Waals surface area contributed by atoms with Gasteiger partial charge in [-0.05, 0) is 42.3 Å². The molecule has 0 bridgehead atoms. The summed E-state index contributed by atoms with van der Waals surface area (Å²) >= 11 is 8.00. The molecule has 0 radical (unpaired) electrons. The molecule has 6 rings (SSSR count). The summed E-state index contributed by atoms with van der Waals surface area (Å²) in [4.78, 5) is 17.8. The van der Waals surface area contributed by atoms with Crippen molar-refractivity contribution in [1.29, 1.82) is 0 Å². The minimum atomic E-state index is -0.311. The van der Waals surface area contributed by atoms with Gasteiger partial charge in [0.1, 0.15) is 35.6 Å². The molecule has 1 aliphatic carbocycles. The number of benzene rings is 2. The Hall–Kier alpha value is -3.27. The molecular weight excluding hydrogens is 486 g/mol. The van der Waals surface area contributed by atoms with Crippen molar-refractivity contribution >= 4 is 51.2 Å². The number of aliphatic imine (C=N–C) groups is 1. The van der Waals surface area contributed by atoms with Crippen molar-refractivity contribution in [3.8, 4) is 5.75 Å². The molecule has 4 aromatic rings. The van der Waals surface area contributed by atoms with Crippen LogP contribution in [0.4, 0.5) is 11.5 Å². The first-order chi connectivity index (χ1) is 17.1. The quantitative estimate of drug-likeness (QED) is 0.366. The maximum Gasteiger partial charge on any atom is 0.188 e. The van der Waals surface area contributed by atoms with Crippen molar-refractivity contribution in [2.24, 2.45) is 4.99 Å². The fraction of sp³-hybridized carbons (Fsp3) is 0.280. The van der Waals surface area contributed by atoms with E-state index in [-0.39, 0.29) is 18.2 Å². The summed E-state index contributed by atoms with van der Waals surface area (Å²) < 4.78 is 11.8. The number of aliphatic hydroxyl groups is 1. The molecule has 10 heteroatoms. The lowest BCUT2D eigenvalue weighted by molar-refractivity contribution is 0.147. The number of thiazole rings is 1. The van der Waals surface area contributed by atoms with Crippen LogP contribution in [0.5, 0.6) is 5.75 Å². The second-order valence-electron chi connectivity index (χ2n) is 8.61. The van der Waals surface area contributed by atoms with Crippen LogP contribution >= 0.6 is 22.9 Å². The van der Waals surface area contributed by atoms with Gasteiger partial charge in [-0.3, -0.25) is 0 Å². The van der Waals surface area contributed by atoms with Gasteiger partial charge in [-0.2, -0.15) is 0 Å². The van der Waals surface area contributed by atoms with Gasteiger partial charge < -0.3 is 19.9 Å². The smallest absolute Gasteiger partial charge is 0.188 e. The standard InChI is InChI=1S/C25H22ClN5O3S/c26-18-9-15(2-4-21(18)33-12-24-27-5-6-35-24)30-25-17-7-14(1-3-19(17)28-13-29-25)8-23-31-20-10-16(32)11-22(20)34-23/h1-7,9,13,16,20,22,32H,8,10-12H2,(H,28,29,30)/t16-,20-,22+/m1/s1. The van der Waals surface area contributed by atoms with Crippen LogP contribution in [-0.4, -0.2) is 44.2 Å². The van der Waals surface area contributed by atoms with Crippen LogP contribution in [0.15, 0.2) is 59.3 Å². The molecular formula is C25H22ClN5O3S.